The first-order valence-electron chi connectivity index (χ1n) is 33.5. The maximum absolute atomic E-state index is 14.9. The van der Waals surface area contributed by atoms with Crippen molar-refractivity contribution in [1.29, 1.82) is 0 Å². The normalized spacial score (nSPS) is 19.7. The van der Waals surface area contributed by atoms with Gasteiger partial charge < -0.3 is 61.6 Å². The van der Waals surface area contributed by atoms with Crippen LogP contribution in [0.4, 0.5) is 15.3 Å². The summed E-state index contributed by atoms with van der Waals surface area (Å²) in [6.45, 7) is 9.69. The molecule has 3 fully saturated rings. The van der Waals surface area contributed by atoms with Crippen molar-refractivity contribution in [2.24, 2.45) is 29.4 Å². The molecule has 0 spiro atoms. The standard InChI is InChI=1S/C69H97N13O14/c1-9-43(4)60(53(94-7)39-58(87)80-36-17-22-52(80)62(95-8)44(5)64(88)77-51(63-71-33-18-34-72-63)37-45-19-12-10-13-20-45)79(6)67(91)59(42(2)3)78-66(90)61-47-26-29-49(38-47)82(61)69(93)96-41-46-24-27-48(28-25-46)75-65(89)50(21-16-32-73-68(70)92)76-55(84)40-74-54(83)23-14-11-15-35-81-56(85)30-31-57(81)86/h10,12-13,18-20,24-25,27-28,30-31,33-34,42-44,47,49-53,59-62H,9,11,14-17,21-23,26,29,32,35-41H2,1-8H3,(H,74,83)(H,75,89)(H,76,84)(H,77,88)(H,78,90)(H3,70,73,92)/t43-,44+,47-,49+,50-,51+,52-,53+,59-,60-,61-,62+/m0/s1. The second kappa shape index (κ2) is 36.3. The van der Waals surface area contributed by atoms with Crippen LogP contribution in [-0.2, 0) is 70.4 Å². The molecule has 3 aliphatic heterocycles. The van der Waals surface area contributed by atoms with Crippen molar-refractivity contribution in [2.75, 3.05) is 52.8 Å². The van der Waals surface area contributed by atoms with Gasteiger partial charge in [0.1, 0.15) is 24.7 Å². The van der Waals surface area contributed by atoms with Gasteiger partial charge in [-0.1, -0.05) is 89.9 Å². The fourth-order valence-electron chi connectivity index (χ4n) is 13.5. The first-order valence-corrected chi connectivity index (χ1v) is 33.5. The molecule has 96 heavy (non-hydrogen) atoms. The lowest BCUT2D eigenvalue weighted by Gasteiger charge is -2.41. The van der Waals surface area contributed by atoms with E-state index in [0.717, 1.165) is 10.5 Å². The minimum atomic E-state index is -1.08. The number of nitrogens with one attached hydrogen (secondary N) is 6. The van der Waals surface area contributed by atoms with Crippen molar-refractivity contribution in [3.8, 4) is 0 Å². The number of imide groups is 1. The molecule has 3 aromatic rings. The fraction of sp³-hybridized carbons (Fsp3) is 0.580. The molecule has 1 aliphatic carbocycles. The Morgan fingerprint density at radius 3 is 2.14 bits per heavy atom. The zero-order valence-corrected chi connectivity index (χ0v) is 56.5. The van der Waals surface area contributed by atoms with Gasteiger partial charge in [-0.2, -0.15) is 0 Å². The van der Waals surface area contributed by atoms with Gasteiger partial charge in [-0.25, -0.2) is 19.6 Å². The van der Waals surface area contributed by atoms with Crippen LogP contribution in [0, 0.1) is 23.7 Å². The summed E-state index contributed by atoms with van der Waals surface area (Å²) in [6, 6.07) is 12.4. The van der Waals surface area contributed by atoms with Gasteiger partial charge in [0.25, 0.3) is 11.8 Å². The molecule has 8 N–H and O–H groups in total. The molecule has 12 atom stereocenters. The summed E-state index contributed by atoms with van der Waals surface area (Å²) < 4.78 is 18.1. The molecule has 2 bridgehead atoms. The van der Waals surface area contributed by atoms with E-state index in [2.05, 4.69) is 41.9 Å². The number of methoxy groups -OCH3 is 2. The molecule has 522 valence electrons. The maximum Gasteiger partial charge on any atom is 0.411 e. The van der Waals surface area contributed by atoms with E-state index in [0.29, 0.717) is 87.8 Å². The fourth-order valence-corrected chi connectivity index (χ4v) is 13.5. The van der Waals surface area contributed by atoms with E-state index in [1.165, 1.54) is 24.2 Å². The third-order valence-corrected chi connectivity index (χ3v) is 18.9. The van der Waals surface area contributed by atoms with Crippen molar-refractivity contribution >= 4 is 71.0 Å². The first kappa shape index (κ1) is 74.5. The molecule has 2 aromatic carbocycles. The zero-order chi connectivity index (χ0) is 69.6. The Morgan fingerprint density at radius 2 is 1.48 bits per heavy atom. The number of unbranched alkanes of at least 4 members (excludes halogenated alkanes) is 2. The van der Waals surface area contributed by atoms with Crippen LogP contribution in [0.3, 0.4) is 0 Å². The summed E-state index contributed by atoms with van der Waals surface area (Å²) in [5.41, 5.74) is 7.13. The van der Waals surface area contributed by atoms with Crippen LogP contribution in [-0.4, -0.2) is 191 Å². The highest BCUT2D eigenvalue weighted by atomic mass is 16.6. The number of hydrogen-bond donors (Lipinski definition) is 7. The Kier molecular flexibility index (Phi) is 28.2. The summed E-state index contributed by atoms with van der Waals surface area (Å²) in [6.07, 6.45) is 9.89. The number of aromatic nitrogens is 2. The zero-order valence-electron chi connectivity index (χ0n) is 56.5. The number of likely N-dealkylation sites (N-methyl/N-ethyl adjacent to an activating group) is 1. The highest BCUT2D eigenvalue weighted by Crippen LogP contribution is 2.43. The number of fused-ring (bicyclic) bond motifs is 2. The van der Waals surface area contributed by atoms with E-state index >= 15 is 0 Å². The number of nitrogens with two attached hydrogens (primary N) is 1. The number of piperidine rings is 1. The molecule has 12 amide bonds. The Balaban J connectivity index is 0.921. The monoisotopic (exact) mass is 1330 g/mol. The van der Waals surface area contributed by atoms with Gasteiger partial charge >= 0.3 is 12.1 Å². The maximum atomic E-state index is 14.9. The van der Waals surface area contributed by atoms with Crippen LogP contribution in [0.15, 0.2) is 85.2 Å². The van der Waals surface area contributed by atoms with Gasteiger partial charge in [0.15, 0.2) is 5.82 Å². The number of primary amides is 1. The average Bonchev–Trinajstić information content (AvgIpc) is 1.59. The highest BCUT2D eigenvalue weighted by molar-refractivity contribution is 6.12. The molecule has 1 aromatic heterocycles. The molecule has 1 saturated carbocycles. The molecule has 27 nitrogen and oxygen atoms in total. The summed E-state index contributed by atoms with van der Waals surface area (Å²) in [5.74, 6) is -4.61. The molecule has 4 heterocycles. The summed E-state index contributed by atoms with van der Waals surface area (Å²) in [7, 11) is 4.74. The summed E-state index contributed by atoms with van der Waals surface area (Å²) in [5, 5.41) is 16.6. The van der Waals surface area contributed by atoms with Crippen LogP contribution >= 0.6 is 0 Å². The lowest BCUT2D eigenvalue weighted by atomic mass is 9.89. The highest BCUT2D eigenvalue weighted by Gasteiger charge is 2.53. The van der Waals surface area contributed by atoms with Crippen LogP contribution in [0.1, 0.15) is 141 Å². The molecule has 2 saturated heterocycles. The SMILES string of the molecule is CC[C@H](C)[C@@H]([C@@H](CC(=O)N1CCC[C@H]1[C@H](OC)[C@@H](C)C(=O)N[C@H](Cc1ccccc1)c1ncccn1)OC)N(C)C(=O)[C@@H](NC(=O)[C@@H]1[C@H]2CC[C@H](C2)N1C(=O)OCc1ccc(NC(=O)[C@H](CCCNC(N)=O)NC(=O)CNC(=O)CCCCCN2C(=O)C=CC2=O)cc1)C(C)C. The van der Waals surface area contributed by atoms with E-state index in [1.807, 2.05) is 58.0 Å². The van der Waals surface area contributed by atoms with Gasteiger partial charge in [-0.15, -0.1) is 0 Å². The number of rotatable bonds is 36. The molecular formula is C69H97N13O14. The number of amides is 12. The average molecular weight is 1330 g/mol. The predicted octanol–water partition coefficient (Wildman–Crippen LogP) is 4.60. The van der Waals surface area contributed by atoms with Crippen LogP contribution in [0.25, 0.3) is 0 Å². The van der Waals surface area contributed by atoms with Crippen LogP contribution in [0.5, 0.6) is 0 Å². The number of urea groups is 1. The lowest BCUT2D eigenvalue weighted by Crippen LogP contribution is -2.60. The Labute approximate surface area is 561 Å². The topological polar surface area (TPSA) is 352 Å². The minimum Gasteiger partial charge on any atom is -0.445 e. The van der Waals surface area contributed by atoms with E-state index < -0.39 is 103 Å². The quantitative estimate of drug-likeness (QED) is 0.0309. The molecule has 4 aliphatic rings. The Morgan fingerprint density at radius 1 is 0.771 bits per heavy atom. The number of anilines is 1. The van der Waals surface area contributed by atoms with E-state index in [9.17, 15) is 52.7 Å². The number of benzene rings is 2. The Hall–Kier alpha value is -8.85. The van der Waals surface area contributed by atoms with Gasteiger partial charge in [-0.3, -0.25) is 53.0 Å². The van der Waals surface area contributed by atoms with Crippen molar-refractivity contribution in [3.63, 3.8) is 0 Å². The lowest BCUT2D eigenvalue weighted by molar-refractivity contribution is -0.148. The molecule has 7 rings (SSSR count). The molecule has 0 unspecified atom stereocenters. The van der Waals surface area contributed by atoms with Crippen molar-refractivity contribution in [3.05, 3.63) is 102 Å². The van der Waals surface area contributed by atoms with Crippen LogP contribution < -0.4 is 37.6 Å². The van der Waals surface area contributed by atoms with E-state index in [1.54, 1.807) is 73.6 Å². The van der Waals surface area contributed by atoms with Gasteiger partial charge in [0.2, 0.25) is 41.4 Å². The largest absolute Gasteiger partial charge is 0.445 e. The third-order valence-electron chi connectivity index (χ3n) is 18.9. The number of ether oxygens (including phenoxy) is 3. The molecule has 0 radical (unpaired) electrons. The Bertz CT molecular complexity index is 3180. The first-order chi connectivity index (χ1) is 46.0. The number of likely N-dealkylation sites (tertiary alicyclic amines) is 2. The number of carbonyl (C=O) groups is 11. The van der Waals surface area contributed by atoms with Gasteiger partial charge in [0, 0.05) is 83.6 Å². The molecular weight excluding hydrogens is 1230 g/mol. The van der Waals surface area contributed by atoms with Crippen molar-refractivity contribution < 1.29 is 67.0 Å². The summed E-state index contributed by atoms with van der Waals surface area (Å²) in [4.78, 5) is 161. The van der Waals surface area contributed by atoms with Crippen molar-refractivity contribution in [2.45, 2.75) is 186 Å². The predicted molar refractivity (Wildman–Crippen MR) is 354 cm³/mol. The molecule has 27 heteroatoms. The number of nitrogens with zero attached hydrogens (tertiary/aromatic N) is 6. The number of carbonyl (C=O) groups excluding carboxylic acids is 11. The second-order valence-electron chi connectivity index (χ2n) is 25.8. The van der Waals surface area contributed by atoms with Gasteiger partial charge in [-0.05, 0) is 111 Å². The van der Waals surface area contributed by atoms with Gasteiger partial charge in [0.05, 0.1) is 49.2 Å². The van der Waals surface area contributed by atoms with E-state index in [4.69, 9.17) is 19.9 Å². The van der Waals surface area contributed by atoms with Crippen molar-refractivity contribution in [1.82, 2.24) is 56.2 Å². The second-order valence-corrected chi connectivity index (χ2v) is 25.8. The smallest absolute Gasteiger partial charge is 0.411 e. The minimum absolute atomic E-state index is 0.0735. The van der Waals surface area contributed by atoms with E-state index in [-0.39, 0.29) is 92.8 Å². The van der Waals surface area contributed by atoms with Crippen LogP contribution in [0.2, 0.25) is 0 Å². The summed E-state index contributed by atoms with van der Waals surface area (Å²) >= 11 is 0. The third kappa shape index (κ3) is 20.3. The number of hydrogen-bond acceptors (Lipinski definition) is 16.